The molecule has 0 amide bonds. The highest BCUT2D eigenvalue weighted by atomic mass is 16.3. The maximum absolute atomic E-state index is 11.8. The van der Waals surface area contributed by atoms with Gasteiger partial charge in [-0.2, -0.15) is 0 Å². The second-order valence-corrected chi connectivity index (χ2v) is 6.08. The van der Waals surface area contributed by atoms with E-state index in [4.69, 9.17) is 0 Å². The Morgan fingerprint density at radius 1 is 0.917 bits per heavy atom. The topological polar surface area (TPSA) is 98.0 Å². The number of hydrogen-bond donors (Lipinski definition) is 4. The fourth-order valence-electron chi connectivity index (χ4n) is 2.59. The molecule has 0 bridgehead atoms. The van der Waals surface area contributed by atoms with Crippen LogP contribution in [0.4, 0.5) is 0 Å². The largest absolute Gasteiger partial charge is 0.508 e. The van der Waals surface area contributed by atoms with Crippen LogP contribution in [-0.2, 0) is 4.79 Å². The third-order valence-corrected chi connectivity index (χ3v) is 3.91. The van der Waals surface area contributed by atoms with Crippen molar-refractivity contribution in [1.82, 2.24) is 0 Å². The smallest absolute Gasteiger partial charge is 0.159 e. The second-order valence-electron chi connectivity index (χ2n) is 6.08. The molecule has 5 nitrogen and oxygen atoms in total. The van der Waals surface area contributed by atoms with Gasteiger partial charge in [0.2, 0.25) is 0 Å². The van der Waals surface area contributed by atoms with Gasteiger partial charge < -0.3 is 20.4 Å². The van der Waals surface area contributed by atoms with Crippen LogP contribution < -0.4 is 0 Å². The summed E-state index contributed by atoms with van der Waals surface area (Å²) in [6.07, 6.45) is 10.4. The van der Waals surface area contributed by atoms with Gasteiger partial charge >= 0.3 is 0 Å². The predicted molar refractivity (Wildman–Crippen MR) is 94.3 cm³/mol. The number of phenols is 3. The van der Waals surface area contributed by atoms with E-state index in [2.05, 4.69) is 6.92 Å². The minimum absolute atomic E-state index is 0.253. The van der Waals surface area contributed by atoms with Gasteiger partial charge in [0.05, 0.1) is 0 Å². The minimum atomic E-state index is -0.505. The molecular formula is C19H28O5. The number of unbranched alkanes of at least 4 members (excludes halogenated alkanes) is 7. The molecule has 5 heteroatoms. The van der Waals surface area contributed by atoms with Crippen LogP contribution in [0.5, 0.6) is 17.2 Å². The number of rotatable bonds is 11. The van der Waals surface area contributed by atoms with Gasteiger partial charge in [0.15, 0.2) is 5.78 Å². The maximum Gasteiger partial charge on any atom is 0.159 e. The number of aliphatic hydroxyl groups is 1. The minimum Gasteiger partial charge on any atom is -0.508 e. The third-order valence-electron chi connectivity index (χ3n) is 3.91. The Morgan fingerprint density at radius 3 is 1.96 bits per heavy atom. The van der Waals surface area contributed by atoms with E-state index in [9.17, 15) is 25.2 Å². The summed E-state index contributed by atoms with van der Waals surface area (Å²) in [5.74, 6) is -2.06. The van der Waals surface area contributed by atoms with E-state index in [0.717, 1.165) is 37.5 Å². The molecular weight excluding hydrogens is 308 g/mol. The molecule has 0 unspecified atom stereocenters. The van der Waals surface area contributed by atoms with Gasteiger partial charge in [-0.25, -0.2) is 0 Å². The summed E-state index contributed by atoms with van der Waals surface area (Å²) in [5.41, 5.74) is -0.253. The van der Waals surface area contributed by atoms with Crippen molar-refractivity contribution in [3.8, 4) is 17.2 Å². The van der Waals surface area contributed by atoms with Crippen molar-refractivity contribution in [2.24, 2.45) is 0 Å². The molecule has 134 valence electrons. The number of hydrogen-bond acceptors (Lipinski definition) is 5. The molecule has 1 aromatic rings. The Bertz CT molecular complexity index is 540. The van der Waals surface area contributed by atoms with Crippen LogP contribution in [0.15, 0.2) is 18.2 Å². The van der Waals surface area contributed by atoms with Crippen molar-refractivity contribution in [2.45, 2.75) is 64.7 Å². The number of carbonyl (C=O) groups is 1. The lowest BCUT2D eigenvalue weighted by atomic mass is 10.0. The molecule has 0 aliphatic rings. The van der Waals surface area contributed by atoms with Gasteiger partial charge in [-0.05, 0) is 6.42 Å². The van der Waals surface area contributed by atoms with Gasteiger partial charge in [0.1, 0.15) is 28.6 Å². The highest BCUT2D eigenvalue weighted by Gasteiger charge is 2.15. The predicted octanol–water partition coefficient (Wildman–Crippen LogP) is 4.80. The molecule has 0 saturated carbocycles. The number of ketones is 1. The van der Waals surface area contributed by atoms with Crippen molar-refractivity contribution >= 4 is 11.5 Å². The summed E-state index contributed by atoms with van der Waals surface area (Å²) in [5, 5.41) is 38.5. The molecule has 1 rings (SSSR count). The summed E-state index contributed by atoms with van der Waals surface area (Å²) < 4.78 is 0. The molecule has 0 aliphatic heterocycles. The lowest BCUT2D eigenvalue weighted by molar-refractivity contribution is -0.114. The normalized spacial score (nSPS) is 11.6. The first-order valence-electron chi connectivity index (χ1n) is 8.64. The number of allylic oxidation sites excluding steroid dienone is 1. The van der Waals surface area contributed by atoms with Crippen LogP contribution in [0.3, 0.4) is 0 Å². The molecule has 4 N–H and O–H groups in total. The van der Waals surface area contributed by atoms with E-state index in [1.807, 2.05) is 0 Å². The monoisotopic (exact) mass is 336 g/mol. The van der Waals surface area contributed by atoms with Crippen LogP contribution in [-0.4, -0.2) is 26.2 Å². The number of aromatic hydroxyl groups is 3. The summed E-state index contributed by atoms with van der Waals surface area (Å²) in [7, 11) is 0. The quantitative estimate of drug-likeness (QED) is 0.264. The standard InChI is InChI=1S/C19H28O5/c1-2-3-4-5-6-7-8-9-10-14(20)11-16(22)19-17(23)12-15(21)13-18(19)24/h11-13,21-24H,2-10H2,1H3. The summed E-state index contributed by atoms with van der Waals surface area (Å²) in [6, 6.07) is 1.98. The van der Waals surface area contributed by atoms with E-state index in [-0.39, 0.29) is 17.1 Å². The van der Waals surface area contributed by atoms with E-state index < -0.39 is 17.3 Å². The Labute approximate surface area is 143 Å². The number of aliphatic hydroxyl groups excluding tert-OH is 1. The maximum atomic E-state index is 11.8. The lowest BCUT2D eigenvalue weighted by Crippen LogP contribution is -1.96. The third kappa shape index (κ3) is 6.94. The number of carbonyl (C=O) groups excluding carboxylic acids is 1. The van der Waals surface area contributed by atoms with Crippen LogP contribution in [0.1, 0.15) is 70.3 Å². The zero-order chi connectivity index (χ0) is 17.9. The molecule has 0 spiro atoms. The zero-order valence-electron chi connectivity index (χ0n) is 14.3. The molecule has 24 heavy (non-hydrogen) atoms. The molecule has 0 saturated heterocycles. The van der Waals surface area contributed by atoms with Crippen molar-refractivity contribution in [1.29, 1.82) is 0 Å². The molecule has 0 aliphatic carbocycles. The molecule has 0 fully saturated rings. The molecule has 1 aromatic carbocycles. The molecule has 0 atom stereocenters. The Kier molecular flexibility index (Phi) is 8.76. The Balaban J connectivity index is 2.40. The second kappa shape index (κ2) is 10.6. The van der Waals surface area contributed by atoms with Crippen molar-refractivity contribution < 1.29 is 25.2 Å². The van der Waals surface area contributed by atoms with Gasteiger partial charge in [-0.15, -0.1) is 0 Å². The van der Waals surface area contributed by atoms with E-state index >= 15 is 0 Å². The molecule has 0 aromatic heterocycles. The van der Waals surface area contributed by atoms with Gasteiger partial charge in [-0.1, -0.05) is 51.9 Å². The number of benzene rings is 1. The van der Waals surface area contributed by atoms with Crippen molar-refractivity contribution in [2.75, 3.05) is 0 Å². The van der Waals surface area contributed by atoms with E-state index in [1.165, 1.54) is 32.1 Å². The Morgan fingerprint density at radius 2 is 1.42 bits per heavy atom. The van der Waals surface area contributed by atoms with E-state index in [1.54, 1.807) is 0 Å². The average Bonchev–Trinajstić information content (AvgIpc) is 2.48. The first-order valence-corrected chi connectivity index (χ1v) is 8.64. The average molecular weight is 336 g/mol. The summed E-state index contributed by atoms with van der Waals surface area (Å²) in [6.45, 7) is 2.19. The van der Waals surface area contributed by atoms with Gasteiger partial charge in [-0.3, -0.25) is 4.79 Å². The SMILES string of the molecule is CCCCCCCCCCC(=O)C=C(O)c1c(O)cc(O)cc1O. The fraction of sp³-hybridized carbons (Fsp3) is 0.526. The highest BCUT2D eigenvalue weighted by molar-refractivity contribution is 5.96. The van der Waals surface area contributed by atoms with Gasteiger partial charge in [0, 0.05) is 24.6 Å². The van der Waals surface area contributed by atoms with E-state index in [0.29, 0.717) is 6.42 Å². The van der Waals surface area contributed by atoms with Crippen molar-refractivity contribution in [3.63, 3.8) is 0 Å². The van der Waals surface area contributed by atoms with Crippen LogP contribution in [0.2, 0.25) is 0 Å². The van der Waals surface area contributed by atoms with Crippen molar-refractivity contribution in [3.05, 3.63) is 23.8 Å². The number of phenolic OH excluding ortho intramolecular Hbond substituents is 3. The van der Waals surface area contributed by atoms with Crippen LogP contribution in [0.25, 0.3) is 5.76 Å². The Hall–Kier alpha value is -2.17. The van der Waals surface area contributed by atoms with Gasteiger partial charge in [0.25, 0.3) is 0 Å². The molecule has 0 heterocycles. The van der Waals surface area contributed by atoms with Crippen LogP contribution in [0, 0.1) is 0 Å². The first kappa shape index (κ1) is 19.9. The van der Waals surface area contributed by atoms with Crippen LogP contribution >= 0.6 is 0 Å². The first-order chi connectivity index (χ1) is 11.5. The zero-order valence-corrected chi connectivity index (χ0v) is 14.3. The molecule has 0 radical (unpaired) electrons. The highest BCUT2D eigenvalue weighted by Crippen LogP contribution is 2.36. The lowest BCUT2D eigenvalue weighted by Gasteiger charge is -2.07. The fourth-order valence-corrected chi connectivity index (χ4v) is 2.59. The summed E-state index contributed by atoms with van der Waals surface area (Å²) >= 11 is 0. The summed E-state index contributed by atoms with van der Waals surface area (Å²) in [4.78, 5) is 11.8.